The summed E-state index contributed by atoms with van der Waals surface area (Å²) in [4.78, 5) is 12.1. The van der Waals surface area contributed by atoms with Crippen molar-refractivity contribution < 1.29 is 9.21 Å². The van der Waals surface area contributed by atoms with E-state index in [4.69, 9.17) is 4.42 Å². The van der Waals surface area contributed by atoms with Gasteiger partial charge in [-0.3, -0.25) is 9.89 Å². The Morgan fingerprint density at radius 2 is 2.32 bits per heavy atom. The highest BCUT2D eigenvalue weighted by Gasteiger charge is 2.34. The zero-order valence-corrected chi connectivity index (χ0v) is 14.6. The molecule has 0 fully saturated rings. The molecule has 1 amide bonds. The maximum absolute atomic E-state index is 12.1. The number of halogens is 2. The van der Waals surface area contributed by atoms with Gasteiger partial charge < -0.3 is 9.73 Å². The van der Waals surface area contributed by atoms with Gasteiger partial charge in [0.25, 0.3) is 0 Å². The maximum atomic E-state index is 12.1. The Bertz CT molecular complexity index is 709. The average Bonchev–Trinajstić information content (AvgIpc) is 3.20. The Hall–Kier alpha value is -1.61. The van der Waals surface area contributed by atoms with Gasteiger partial charge in [0.15, 0.2) is 0 Å². The topological polar surface area (TPSA) is 95.3 Å². The summed E-state index contributed by atoms with van der Waals surface area (Å²) >= 11 is 6.70. The second-order valence-corrected chi connectivity index (χ2v) is 6.44. The number of furan rings is 1. The summed E-state index contributed by atoms with van der Waals surface area (Å²) in [7, 11) is 0. The molecule has 0 aromatic carbocycles. The highest BCUT2D eigenvalue weighted by atomic mass is 79.9. The lowest BCUT2D eigenvalue weighted by molar-refractivity contribution is -0.122. The van der Waals surface area contributed by atoms with Crippen molar-refractivity contribution in [2.45, 2.75) is 6.42 Å². The van der Waals surface area contributed by atoms with Crippen LogP contribution in [0.2, 0.25) is 0 Å². The normalized spacial score (nSPS) is 17.5. The molecule has 7 nitrogen and oxygen atoms in total. The van der Waals surface area contributed by atoms with Crippen LogP contribution in [0.1, 0.15) is 11.5 Å². The Balaban J connectivity index is 1.83. The molecule has 116 valence electrons. The molecule has 0 saturated carbocycles. The number of alkyl halides is 1. The quantitative estimate of drug-likeness (QED) is 0.612. The maximum Gasteiger partial charge on any atom is 0.249 e. The smallest absolute Gasteiger partial charge is 0.249 e. The lowest BCUT2D eigenvalue weighted by atomic mass is 9.95. The molecular weight excluding hydrogens is 418 g/mol. The Morgan fingerprint density at radius 1 is 1.45 bits per heavy atom. The number of aromatic nitrogens is 2. The number of carbonyl (C=O) groups excluding carboxylic acids is 1. The molecule has 22 heavy (non-hydrogen) atoms. The first-order valence-electron chi connectivity index (χ1n) is 6.63. The van der Waals surface area contributed by atoms with Crippen LogP contribution in [0, 0.1) is 5.92 Å². The van der Waals surface area contributed by atoms with Crippen molar-refractivity contribution in [3.05, 3.63) is 34.5 Å². The van der Waals surface area contributed by atoms with Crippen LogP contribution in [0.25, 0.3) is 0 Å². The number of hydrogen-bond acceptors (Lipinski definition) is 5. The zero-order valence-electron chi connectivity index (χ0n) is 11.4. The summed E-state index contributed by atoms with van der Waals surface area (Å²) < 4.78 is 6.25. The van der Waals surface area contributed by atoms with Crippen LogP contribution in [0.15, 0.2) is 32.5 Å². The number of hydrogen-bond donors (Lipinski definition) is 3. The summed E-state index contributed by atoms with van der Waals surface area (Å²) in [5.74, 6) is 0.155. The molecule has 2 aromatic heterocycles. The first-order valence-corrected chi connectivity index (χ1v) is 8.54. The zero-order chi connectivity index (χ0) is 15.5. The molecule has 3 heterocycles. The molecule has 1 aliphatic rings. The van der Waals surface area contributed by atoms with Gasteiger partial charge in [-0.2, -0.15) is 10.2 Å². The fraction of sp³-hybridized carbons (Fsp3) is 0.308. The van der Waals surface area contributed by atoms with Crippen LogP contribution in [-0.2, 0) is 11.2 Å². The molecule has 3 N–H and O–H groups in total. The number of nitrogens with zero attached hydrogens (tertiary/aromatic N) is 2. The highest BCUT2D eigenvalue weighted by Crippen LogP contribution is 2.25. The van der Waals surface area contributed by atoms with Crippen LogP contribution in [0.3, 0.4) is 0 Å². The van der Waals surface area contributed by atoms with Crippen LogP contribution in [0.5, 0.6) is 0 Å². The minimum Gasteiger partial charge on any atom is -0.468 e. The molecule has 0 radical (unpaired) electrons. The van der Waals surface area contributed by atoms with Crippen molar-refractivity contribution in [1.29, 1.82) is 0 Å². The molecule has 1 unspecified atom stereocenters. The minimum absolute atomic E-state index is 0.149. The number of carbonyl (C=O) groups is 1. The number of amides is 1. The van der Waals surface area contributed by atoms with E-state index in [1.165, 1.54) is 0 Å². The van der Waals surface area contributed by atoms with E-state index in [1.807, 2.05) is 6.07 Å². The monoisotopic (exact) mass is 429 g/mol. The van der Waals surface area contributed by atoms with Gasteiger partial charge >= 0.3 is 0 Å². The van der Waals surface area contributed by atoms with Gasteiger partial charge in [-0.25, -0.2) is 5.43 Å². The third-order valence-corrected chi connectivity index (χ3v) is 4.08. The Labute approximate surface area is 143 Å². The van der Waals surface area contributed by atoms with Gasteiger partial charge in [-0.15, -0.1) is 0 Å². The molecular formula is C13H13Br2N5O2. The number of rotatable bonds is 6. The van der Waals surface area contributed by atoms with Crippen LogP contribution < -0.4 is 10.7 Å². The molecule has 2 aromatic rings. The van der Waals surface area contributed by atoms with E-state index >= 15 is 0 Å². The fourth-order valence-electron chi connectivity index (χ4n) is 2.27. The van der Waals surface area contributed by atoms with E-state index < -0.39 is 5.92 Å². The molecule has 0 bridgehead atoms. The predicted molar refractivity (Wildman–Crippen MR) is 89.2 cm³/mol. The van der Waals surface area contributed by atoms with Gasteiger partial charge in [0, 0.05) is 18.3 Å². The van der Waals surface area contributed by atoms with Crippen molar-refractivity contribution in [2.24, 2.45) is 11.0 Å². The molecule has 1 aliphatic heterocycles. The summed E-state index contributed by atoms with van der Waals surface area (Å²) in [5.41, 5.74) is 4.70. The van der Waals surface area contributed by atoms with E-state index in [1.54, 1.807) is 12.5 Å². The van der Waals surface area contributed by atoms with Crippen molar-refractivity contribution in [3.8, 4) is 0 Å². The third kappa shape index (κ3) is 3.09. The van der Waals surface area contributed by atoms with E-state index in [0.29, 0.717) is 12.1 Å². The van der Waals surface area contributed by atoms with Crippen LogP contribution in [0.4, 0.5) is 5.69 Å². The lowest BCUT2D eigenvalue weighted by Gasteiger charge is -2.10. The number of hydrazone groups is 1. The van der Waals surface area contributed by atoms with Crippen LogP contribution in [-0.4, -0.2) is 33.7 Å². The first-order chi connectivity index (χ1) is 10.7. The van der Waals surface area contributed by atoms with Gasteiger partial charge in [0.05, 0.1) is 22.3 Å². The molecule has 0 aliphatic carbocycles. The van der Waals surface area contributed by atoms with Gasteiger partial charge in [-0.1, -0.05) is 15.9 Å². The summed E-state index contributed by atoms with van der Waals surface area (Å²) in [5, 5.41) is 15.1. The van der Waals surface area contributed by atoms with E-state index in [-0.39, 0.29) is 5.91 Å². The number of anilines is 1. The number of aromatic amines is 1. The van der Waals surface area contributed by atoms with Crippen molar-refractivity contribution in [3.63, 3.8) is 0 Å². The highest BCUT2D eigenvalue weighted by molar-refractivity contribution is 9.10. The molecule has 9 heteroatoms. The van der Waals surface area contributed by atoms with Crippen LogP contribution >= 0.6 is 31.9 Å². The average molecular weight is 431 g/mol. The Morgan fingerprint density at radius 3 is 3.05 bits per heavy atom. The van der Waals surface area contributed by atoms with E-state index in [0.717, 1.165) is 33.5 Å². The summed E-state index contributed by atoms with van der Waals surface area (Å²) in [6.07, 6.45) is 3.72. The van der Waals surface area contributed by atoms with E-state index in [2.05, 4.69) is 57.9 Å². The molecule has 0 spiro atoms. The second kappa shape index (κ2) is 6.66. The SMILES string of the molecule is O=C1NN=C(c2[nH]ncc2NCCBr)C1Cc1cc(Br)co1. The standard InChI is InChI=1S/C13H13Br2N5O2/c14-1-2-16-10-5-17-18-12(10)11-9(13(21)20-19-11)4-8-3-7(15)6-22-8/h3,5-6,9,16H,1-2,4H2,(H,17,18)(H,20,21). The fourth-order valence-corrected chi connectivity index (χ4v) is 2.82. The van der Waals surface area contributed by atoms with Crippen molar-refractivity contribution >= 4 is 49.2 Å². The molecule has 0 saturated heterocycles. The summed E-state index contributed by atoms with van der Waals surface area (Å²) in [6.45, 7) is 0.747. The Kier molecular flexibility index (Phi) is 4.63. The largest absolute Gasteiger partial charge is 0.468 e. The third-order valence-electron chi connectivity index (χ3n) is 3.27. The minimum atomic E-state index is -0.414. The van der Waals surface area contributed by atoms with Gasteiger partial charge in [0.1, 0.15) is 23.4 Å². The first kappa shape index (κ1) is 15.3. The van der Waals surface area contributed by atoms with Crippen molar-refractivity contribution in [1.82, 2.24) is 15.6 Å². The molecule has 3 rings (SSSR count). The number of nitrogens with one attached hydrogen (secondary N) is 3. The van der Waals surface area contributed by atoms with Gasteiger partial charge in [0.2, 0.25) is 5.91 Å². The second-order valence-electron chi connectivity index (χ2n) is 4.74. The number of H-pyrrole nitrogens is 1. The van der Waals surface area contributed by atoms with Gasteiger partial charge in [-0.05, 0) is 22.0 Å². The lowest BCUT2D eigenvalue weighted by Crippen LogP contribution is -2.26. The summed E-state index contributed by atoms with van der Waals surface area (Å²) in [6, 6.07) is 1.85. The predicted octanol–water partition coefficient (Wildman–Crippen LogP) is 2.26. The van der Waals surface area contributed by atoms with E-state index in [9.17, 15) is 4.79 Å². The molecule has 1 atom stereocenters. The van der Waals surface area contributed by atoms with Crippen molar-refractivity contribution in [2.75, 3.05) is 17.2 Å².